The fourth-order valence-electron chi connectivity index (χ4n) is 2.97. The molecule has 0 aliphatic carbocycles. The summed E-state index contributed by atoms with van der Waals surface area (Å²) in [7, 11) is 0. The molecule has 4 aromatic rings. The summed E-state index contributed by atoms with van der Waals surface area (Å²) in [6.45, 7) is 2.07. The van der Waals surface area contributed by atoms with E-state index in [4.69, 9.17) is 4.98 Å². The molecule has 0 radical (unpaired) electrons. The Bertz CT molecular complexity index is 1020. The lowest BCUT2D eigenvalue weighted by Crippen LogP contribution is -2.01. The molecule has 2 aromatic heterocycles. The number of aromatic nitrogens is 3. The minimum atomic E-state index is 0.652. The molecule has 0 aliphatic heterocycles. The number of benzene rings is 2. The van der Waals surface area contributed by atoms with Crippen LogP contribution in [-0.2, 0) is 0 Å². The lowest BCUT2D eigenvalue weighted by molar-refractivity contribution is 0.112. The van der Waals surface area contributed by atoms with E-state index in [0.717, 1.165) is 34.4 Å². The Hall–Kier alpha value is -3.27. The van der Waals surface area contributed by atoms with Gasteiger partial charge >= 0.3 is 0 Å². The second-order valence-electron chi connectivity index (χ2n) is 5.62. The predicted octanol–water partition coefficient (Wildman–Crippen LogP) is 4.18. The lowest BCUT2D eigenvalue weighted by Gasteiger charge is -2.14. The summed E-state index contributed by atoms with van der Waals surface area (Å²) in [4.78, 5) is 20.0. The van der Waals surface area contributed by atoms with Gasteiger partial charge in [0, 0.05) is 34.8 Å². The summed E-state index contributed by atoms with van der Waals surface area (Å²) in [5.74, 6) is 0.668. The van der Waals surface area contributed by atoms with Crippen LogP contribution in [0.5, 0.6) is 0 Å². The molecule has 4 heteroatoms. The molecular weight excluding hydrogens is 298 g/mol. The molecular formula is C20H15N3O. The summed E-state index contributed by atoms with van der Waals surface area (Å²) < 4.78 is 1.99. The number of imidazole rings is 1. The fraction of sp³-hybridized carbons (Fsp3) is 0.0500. The van der Waals surface area contributed by atoms with Crippen molar-refractivity contribution in [1.29, 1.82) is 0 Å². The summed E-state index contributed by atoms with van der Waals surface area (Å²) >= 11 is 0. The molecule has 0 bridgehead atoms. The SMILES string of the molecule is Cc1c(-c2ccccc2)c(-c2ccc(C=O)cc2)nc2nccn12. The van der Waals surface area contributed by atoms with Crippen molar-refractivity contribution in [1.82, 2.24) is 14.4 Å². The van der Waals surface area contributed by atoms with Crippen molar-refractivity contribution in [3.8, 4) is 22.4 Å². The molecule has 0 atom stereocenters. The van der Waals surface area contributed by atoms with Crippen LogP contribution < -0.4 is 0 Å². The average Bonchev–Trinajstić information content (AvgIpc) is 3.11. The molecule has 24 heavy (non-hydrogen) atoms. The number of aldehydes is 1. The van der Waals surface area contributed by atoms with Crippen LogP contribution in [0.3, 0.4) is 0 Å². The zero-order valence-corrected chi connectivity index (χ0v) is 13.2. The van der Waals surface area contributed by atoms with Crippen LogP contribution in [0.15, 0.2) is 67.0 Å². The Morgan fingerprint density at radius 2 is 1.71 bits per heavy atom. The van der Waals surface area contributed by atoms with E-state index in [1.165, 1.54) is 0 Å². The zero-order chi connectivity index (χ0) is 16.5. The van der Waals surface area contributed by atoms with Gasteiger partial charge in [0.25, 0.3) is 0 Å². The number of carbonyl (C=O) groups is 1. The smallest absolute Gasteiger partial charge is 0.234 e. The van der Waals surface area contributed by atoms with Gasteiger partial charge < -0.3 is 0 Å². The number of carbonyl (C=O) groups excluding carboxylic acids is 1. The van der Waals surface area contributed by atoms with E-state index in [2.05, 4.69) is 24.0 Å². The van der Waals surface area contributed by atoms with Crippen molar-refractivity contribution >= 4 is 12.1 Å². The highest BCUT2D eigenvalue weighted by atomic mass is 16.1. The number of aryl methyl sites for hydroxylation is 1. The van der Waals surface area contributed by atoms with Crippen LogP contribution >= 0.6 is 0 Å². The third-order valence-electron chi connectivity index (χ3n) is 4.18. The summed E-state index contributed by atoms with van der Waals surface area (Å²) in [5.41, 5.74) is 5.74. The number of nitrogens with zero attached hydrogens (tertiary/aromatic N) is 3. The van der Waals surface area contributed by atoms with Crippen molar-refractivity contribution < 1.29 is 4.79 Å². The van der Waals surface area contributed by atoms with Crippen LogP contribution in [0.4, 0.5) is 0 Å². The Kier molecular flexibility index (Phi) is 3.43. The third kappa shape index (κ3) is 2.29. The second-order valence-corrected chi connectivity index (χ2v) is 5.62. The molecule has 2 aromatic carbocycles. The van der Waals surface area contributed by atoms with Gasteiger partial charge in [-0.3, -0.25) is 9.20 Å². The average molecular weight is 313 g/mol. The van der Waals surface area contributed by atoms with Gasteiger partial charge in [-0.2, -0.15) is 0 Å². The zero-order valence-electron chi connectivity index (χ0n) is 13.2. The van der Waals surface area contributed by atoms with E-state index in [0.29, 0.717) is 11.3 Å². The Labute approximate surface area is 139 Å². The van der Waals surface area contributed by atoms with E-state index in [1.54, 1.807) is 6.20 Å². The van der Waals surface area contributed by atoms with Crippen LogP contribution in [-0.4, -0.2) is 20.7 Å². The maximum Gasteiger partial charge on any atom is 0.234 e. The van der Waals surface area contributed by atoms with Crippen LogP contribution in [0.25, 0.3) is 28.2 Å². The minimum Gasteiger partial charge on any atom is -0.298 e. The number of hydrogen-bond acceptors (Lipinski definition) is 3. The number of fused-ring (bicyclic) bond motifs is 1. The van der Waals surface area contributed by atoms with Crippen LogP contribution in [0.2, 0.25) is 0 Å². The van der Waals surface area contributed by atoms with Crippen molar-refractivity contribution in [3.63, 3.8) is 0 Å². The van der Waals surface area contributed by atoms with Crippen molar-refractivity contribution in [2.75, 3.05) is 0 Å². The van der Waals surface area contributed by atoms with Crippen molar-refractivity contribution in [2.45, 2.75) is 6.92 Å². The van der Waals surface area contributed by atoms with E-state index in [9.17, 15) is 4.79 Å². The first-order valence-corrected chi connectivity index (χ1v) is 7.72. The van der Waals surface area contributed by atoms with Gasteiger partial charge in [-0.05, 0) is 12.5 Å². The quantitative estimate of drug-likeness (QED) is 0.533. The summed E-state index contributed by atoms with van der Waals surface area (Å²) in [6, 6.07) is 17.7. The largest absolute Gasteiger partial charge is 0.298 e. The van der Waals surface area contributed by atoms with Gasteiger partial charge in [-0.1, -0.05) is 54.6 Å². The van der Waals surface area contributed by atoms with E-state index >= 15 is 0 Å². The standard InChI is InChI=1S/C20H15N3O/c1-14-18(16-5-3-2-4-6-16)19(22-20-21-11-12-23(14)20)17-9-7-15(13-24)8-10-17/h2-13H,1H3. The lowest BCUT2D eigenvalue weighted by atomic mass is 9.97. The minimum absolute atomic E-state index is 0.652. The molecule has 0 spiro atoms. The molecule has 0 fully saturated rings. The molecule has 4 rings (SSSR count). The van der Waals surface area contributed by atoms with Gasteiger partial charge in [0.2, 0.25) is 5.78 Å². The van der Waals surface area contributed by atoms with Gasteiger partial charge in [0.15, 0.2) is 0 Å². The number of hydrogen-bond donors (Lipinski definition) is 0. The first-order chi connectivity index (χ1) is 11.8. The van der Waals surface area contributed by atoms with Crippen LogP contribution in [0.1, 0.15) is 16.1 Å². The molecule has 0 saturated carbocycles. The maximum atomic E-state index is 10.9. The van der Waals surface area contributed by atoms with E-state index < -0.39 is 0 Å². The monoisotopic (exact) mass is 313 g/mol. The van der Waals surface area contributed by atoms with E-state index in [1.807, 2.05) is 53.1 Å². The van der Waals surface area contributed by atoms with Gasteiger partial charge in [-0.15, -0.1) is 0 Å². The van der Waals surface area contributed by atoms with Crippen molar-refractivity contribution in [2.24, 2.45) is 0 Å². The second kappa shape index (κ2) is 5.74. The Balaban J connectivity index is 2.03. The molecule has 0 unspecified atom stereocenters. The highest BCUT2D eigenvalue weighted by molar-refractivity contribution is 5.84. The van der Waals surface area contributed by atoms with E-state index in [-0.39, 0.29) is 0 Å². The third-order valence-corrected chi connectivity index (χ3v) is 4.18. The molecule has 0 saturated heterocycles. The molecule has 0 amide bonds. The topological polar surface area (TPSA) is 47.3 Å². The number of rotatable bonds is 3. The highest BCUT2D eigenvalue weighted by Crippen LogP contribution is 2.33. The maximum absolute atomic E-state index is 10.9. The molecule has 116 valence electrons. The predicted molar refractivity (Wildman–Crippen MR) is 94.0 cm³/mol. The first kappa shape index (κ1) is 14.3. The van der Waals surface area contributed by atoms with Crippen molar-refractivity contribution in [3.05, 3.63) is 78.2 Å². The molecule has 4 nitrogen and oxygen atoms in total. The summed E-state index contributed by atoms with van der Waals surface area (Å²) in [6.07, 6.45) is 4.52. The normalized spacial score (nSPS) is 10.9. The first-order valence-electron chi connectivity index (χ1n) is 7.72. The molecule has 2 heterocycles. The van der Waals surface area contributed by atoms with Crippen LogP contribution in [0, 0.1) is 6.92 Å². The van der Waals surface area contributed by atoms with Gasteiger partial charge in [-0.25, -0.2) is 9.97 Å². The Morgan fingerprint density at radius 3 is 2.42 bits per heavy atom. The van der Waals surface area contributed by atoms with Gasteiger partial charge in [0.05, 0.1) is 5.69 Å². The highest BCUT2D eigenvalue weighted by Gasteiger charge is 2.16. The van der Waals surface area contributed by atoms with Gasteiger partial charge in [0.1, 0.15) is 6.29 Å². The Morgan fingerprint density at radius 1 is 0.958 bits per heavy atom. The fourth-order valence-corrected chi connectivity index (χ4v) is 2.97. The molecule has 0 aliphatic rings. The molecule has 0 N–H and O–H groups in total. The summed E-state index contributed by atoms with van der Waals surface area (Å²) in [5, 5.41) is 0.